The summed E-state index contributed by atoms with van der Waals surface area (Å²) < 4.78 is 11.0. The van der Waals surface area contributed by atoms with Gasteiger partial charge in [-0.25, -0.2) is 0 Å². The molecule has 6 nitrogen and oxygen atoms in total. The Hall–Kier alpha value is -3.80. The van der Waals surface area contributed by atoms with Gasteiger partial charge in [-0.05, 0) is 29.3 Å². The van der Waals surface area contributed by atoms with E-state index in [2.05, 4.69) is 10.9 Å². The van der Waals surface area contributed by atoms with Gasteiger partial charge in [0.25, 0.3) is 5.91 Å². The molecule has 0 bridgehead atoms. The van der Waals surface area contributed by atoms with E-state index in [-0.39, 0.29) is 18.2 Å². The van der Waals surface area contributed by atoms with Gasteiger partial charge in [-0.2, -0.15) is 0 Å². The van der Waals surface area contributed by atoms with Crippen LogP contribution in [0.5, 0.6) is 11.5 Å². The van der Waals surface area contributed by atoms with Crippen molar-refractivity contribution in [2.45, 2.75) is 12.3 Å². The minimum Gasteiger partial charge on any atom is -0.486 e. The number of hydrazine groups is 1. The Kier molecular flexibility index (Phi) is 5.94. The Labute approximate surface area is 174 Å². The molecule has 0 saturated heterocycles. The molecule has 2 amide bonds. The van der Waals surface area contributed by atoms with E-state index in [4.69, 9.17) is 9.47 Å². The van der Waals surface area contributed by atoms with E-state index in [0.29, 0.717) is 30.3 Å². The smallest absolute Gasteiger partial charge is 0.269 e. The van der Waals surface area contributed by atoms with Crippen LogP contribution in [0.25, 0.3) is 0 Å². The topological polar surface area (TPSA) is 76.7 Å². The fourth-order valence-corrected chi connectivity index (χ4v) is 3.42. The Bertz CT molecular complexity index is 982. The van der Waals surface area contributed by atoms with Crippen molar-refractivity contribution in [3.8, 4) is 11.5 Å². The number of amides is 2. The average molecular weight is 402 g/mol. The zero-order valence-corrected chi connectivity index (χ0v) is 16.3. The third-order valence-corrected chi connectivity index (χ3v) is 4.91. The van der Waals surface area contributed by atoms with E-state index in [0.717, 1.165) is 11.1 Å². The molecule has 2 N–H and O–H groups in total. The predicted molar refractivity (Wildman–Crippen MR) is 112 cm³/mol. The molecule has 0 spiro atoms. The van der Waals surface area contributed by atoms with E-state index < -0.39 is 5.91 Å². The molecule has 3 aromatic rings. The minimum absolute atomic E-state index is 0.112. The maximum Gasteiger partial charge on any atom is 0.269 e. The summed E-state index contributed by atoms with van der Waals surface area (Å²) in [6.07, 6.45) is 0.204. The number of carbonyl (C=O) groups is 2. The fourth-order valence-electron chi connectivity index (χ4n) is 3.42. The fraction of sp³-hybridized carbons (Fsp3) is 0.167. The molecule has 4 rings (SSSR count). The molecule has 30 heavy (non-hydrogen) atoms. The van der Waals surface area contributed by atoms with E-state index in [1.165, 1.54) is 0 Å². The molecule has 6 heteroatoms. The van der Waals surface area contributed by atoms with Crippen LogP contribution in [0.4, 0.5) is 0 Å². The van der Waals surface area contributed by atoms with Crippen molar-refractivity contribution in [3.63, 3.8) is 0 Å². The van der Waals surface area contributed by atoms with Gasteiger partial charge in [0, 0.05) is 17.9 Å². The molecule has 1 aliphatic rings. The number of rotatable bonds is 5. The summed E-state index contributed by atoms with van der Waals surface area (Å²) >= 11 is 0. The minimum atomic E-state index is -0.420. The average Bonchev–Trinajstić information content (AvgIpc) is 2.81. The number of carbonyl (C=O) groups excluding carboxylic acids is 2. The van der Waals surface area contributed by atoms with Gasteiger partial charge in [-0.3, -0.25) is 20.4 Å². The number of ether oxygens (including phenoxy) is 2. The second-order valence-electron chi connectivity index (χ2n) is 6.94. The molecule has 3 aromatic carbocycles. The SMILES string of the molecule is O=C(CC(c1ccccc1)c1ccccc1)NNC(=O)c1ccc2c(c1)OCCO2. The third kappa shape index (κ3) is 4.60. The van der Waals surface area contributed by atoms with Gasteiger partial charge >= 0.3 is 0 Å². The van der Waals surface area contributed by atoms with Gasteiger partial charge in [-0.15, -0.1) is 0 Å². The van der Waals surface area contributed by atoms with Crippen LogP contribution in [0.2, 0.25) is 0 Å². The highest BCUT2D eigenvalue weighted by Crippen LogP contribution is 2.31. The van der Waals surface area contributed by atoms with Gasteiger partial charge < -0.3 is 9.47 Å². The molecule has 0 unspecified atom stereocenters. The second kappa shape index (κ2) is 9.13. The zero-order chi connectivity index (χ0) is 20.8. The molecule has 0 aliphatic carbocycles. The van der Waals surface area contributed by atoms with Crippen LogP contribution >= 0.6 is 0 Å². The van der Waals surface area contributed by atoms with Gasteiger partial charge in [0.05, 0.1) is 0 Å². The molecule has 0 saturated carbocycles. The van der Waals surface area contributed by atoms with Crippen molar-refractivity contribution in [2.75, 3.05) is 13.2 Å². The Balaban J connectivity index is 1.41. The van der Waals surface area contributed by atoms with Crippen LogP contribution in [0.15, 0.2) is 78.9 Å². The number of hydrogen-bond donors (Lipinski definition) is 2. The molecule has 152 valence electrons. The van der Waals surface area contributed by atoms with Crippen LogP contribution < -0.4 is 20.3 Å². The molecule has 1 aliphatic heterocycles. The molecular weight excluding hydrogens is 380 g/mol. The van der Waals surface area contributed by atoms with Crippen molar-refractivity contribution in [1.29, 1.82) is 0 Å². The summed E-state index contributed by atoms with van der Waals surface area (Å²) in [5.41, 5.74) is 7.45. The molecule has 0 radical (unpaired) electrons. The largest absolute Gasteiger partial charge is 0.486 e. The summed E-state index contributed by atoms with van der Waals surface area (Å²) in [5.74, 6) is 0.317. The van der Waals surface area contributed by atoms with Gasteiger partial charge in [0.15, 0.2) is 11.5 Å². The number of benzene rings is 3. The van der Waals surface area contributed by atoms with Crippen LogP contribution in [0.1, 0.15) is 33.8 Å². The first kappa shape index (κ1) is 19.5. The van der Waals surface area contributed by atoms with Crippen molar-refractivity contribution >= 4 is 11.8 Å². The zero-order valence-electron chi connectivity index (χ0n) is 16.3. The van der Waals surface area contributed by atoms with Gasteiger partial charge in [-0.1, -0.05) is 60.7 Å². The van der Waals surface area contributed by atoms with Crippen LogP contribution in [-0.2, 0) is 4.79 Å². The Morgan fingerprint density at radius 1 is 0.767 bits per heavy atom. The molecule has 0 aromatic heterocycles. The highest BCUT2D eigenvalue weighted by molar-refractivity contribution is 5.96. The molecular formula is C24H22N2O4. The van der Waals surface area contributed by atoms with Gasteiger partial charge in [0.2, 0.25) is 5.91 Å². The van der Waals surface area contributed by atoms with Crippen LogP contribution in [0.3, 0.4) is 0 Å². The lowest BCUT2D eigenvalue weighted by Gasteiger charge is -2.19. The van der Waals surface area contributed by atoms with Crippen molar-refractivity contribution in [1.82, 2.24) is 10.9 Å². The maximum absolute atomic E-state index is 12.6. The van der Waals surface area contributed by atoms with Gasteiger partial charge in [0.1, 0.15) is 13.2 Å². The van der Waals surface area contributed by atoms with E-state index >= 15 is 0 Å². The Morgan fingerprint density at radius 2 is 1.37 bits per heavy atom. The lowest BCUT2D eigenvalue weighted by molar-refractivity contribution is -0.122. The van der Waals surface area contributed by atoms with Crippen LogP contribution in [0, 0.1) is 0 Å². The number of fused-ring (bicyclic) bond motifs is 1. The highest BCUT2D eigenvalue weighted by atomic mass is 16.6. The van der Waals surface area contributed by atoms with E-state index in [1.807, 2.05) is 60.7 Å². The second-order valence-corrected chi connectivity index (χ2v) is 6.94. The first-order valence-electron chi connectivity index (χ1n) is 9.79. The normalized spacial score (nSPS) is 12.3. The summed E-state index contributed by atoms with van der Waals surface area (Å²) in [6, 6.07) is 24.6. The molecule has 0 atom stereocenters. The van der Waals surface area contributed by atoms with Crippen molar-refractivity contribution < 1.29 is 19.1 Å². The van der Waals surface area contributed by atoms with E-state index in [1.54, 1.807) is 18.2 Å². The number of nitrogens with one attached hydrogen (secondary N) is 2. The lowest BCUT2D eigenvalue weighted by Crippen LogP contribution is -2.42. The summed E-state index contributed by atoms with van der Waals surface area (Å²) in [7, 11) is 0. The van der Waals surface area contributed by atoms with Crippen LogP contribution in [-0.4, -0.2) is 25.0 Å². The molecule has 1 heterocycles. The van der Waals surface area contributed by atoms with E-state index in [9.17, 15) is 9.59 Å². The molecule has 0 fully saturated rings. The lowest BCUT2D eigenvalue weighted by atomic mass is 9.88. The third-order valence-electron chi connectivity index (χ3n) is 4.91. The summed E-state index contributed by atoms with van der Waals surface area (Å²) in [4.78, 5) is 25.0. The summed E-state index contributed by atoms with van der Waals surface area (Å²) in [6.45, 7) is 0.924. The predicted octanol–water partition coefficient (Wildman–Crippen LogP) is 3.44. The highest BCUT2D eigenvalue weighted by Gasteiger charge is 2.19. The summed E-state index contributed by atoms with van der Waals surface area (Å²) in [5, 5.41) is 0. The van der Waals surface area contributed by atoms with Crippen molar-refractivity contribution in [3.05, 3.63) is 95.6 Å². The standard InChI is InChI=1S/C24H22N2O4/c27-23(16-20(17-7-3-1-4-8-17)18-9-5-2-6-10-18)25-26-24(28)19-11-12-21-22(15-19)30-14-13-29-21/h1-12,15,20H,13-14,16H2,(H,25,27)(H,26,28). The maximum atomic E-state index is 12.6. The monoisotopic (exact) mass is 402 g/mol. The quantitative estimate of drug-likeness (QED) is 0.641. The number of hydrogen-bond acceptors (Lipinski definition) is 4. The first-order valence-corrected chi connectivity index (χ1v) is 9.79. The Morgan fingerprint density at radius 3 is 2.00 bits per heavy atom. The first-order chi connectivity index (χ1) is 14.7. The van der Waals surface area contributed by atoms with Crippen molar-refractivity contribution in [2.24, 2.45) is 0 Å².